The Kier molecular flexibility index (Phi) is 2.39. The Hall–Kier alpha value is -0.640. The van der Waals surface area contributed by atoms with Gasteiger partial charge in [-0.25, -0.2) is 4.98 Å². The van der Waals surface area contributed by atoms with Crippen molar-refractivity contribution in [1.29, 1.82) is 0 Å². The molecule has 1 heterocycles. The highest BCUT2D eigenvalue weighted by Gasteiger charge is 2.20. The molecule has 1 aromatic heterocycles. The van der Waals surface area contributed by atoms with E-state index < -0.39 is 0 Å². The summed E-state index contributed by atoms with van der Waals surface area (Å²) in [6, 6.07) is 6.62. The molecule has 1 aliphatic carbocycles. The molecule has 2 nitrogen and oxygen atoms in total. The fourth-order valence-corrected chi connectivity index (χ4v) is 2.61. The van der Waals surface area contributed by atoms with Crippen LogP contribution >= 0.6 is 22.9 Å². The fraction of sp³-hybridized carbons (Fsp3) is 0.364. The molecule has 0 amide bonds. The molecular formula is C11H11ClN2S. The van der Waals surface area contributed by atoms with E-state index in [1.54, 1.807) is 11.3 Å². The summed E-state index contributed by atoms with van der Waals surface area (Å²) in [7, 11) is 0. The van der Waals surface area contributed by atoms with Crippen LogP contribution in [0.3, 0.4) is 0 Å². The predicted molar refractivity (Wildman–Crippen MR) is 64.5 cm³/mol. The number of benzene rings is 1. The number of thiazole rings is 1. The van der Waals surface area contributed by atoms with E-state index in [1.807, 2.05) is 18.2 Å². The Labute approximate surface area is 97.3 Å². The molecule has 0 bridgehead atoms. The SMILES string of the molecule is Clc1ccc2sc(CNC3CC3)nc2c1. The van der Waals surface area contributed by atoms with Crippen molar-refractivity contribution >= 4 is 33.2 Å². The minimum absolute atomic E-state index is 0.737. The van der Waals surface area contributed by atoms with Gasteiger partial charge in [0.2, 0.25) is 0 Å². The number of hydrogen-bond donors (Lipinski definition) is 1. The van der Waals surface area contributed by atoms with Gasteiger partial charge in [0.25, 0.3) is 0 Å². The van der Waals surface area contributed by atoms with Crippen molar-refractivity contribution in [2.45, 2.75) is 25.4 Å². The van der Waals surface area contributed by atoms with Crippen LogP contribution in [0.15, 0.2) is 18.2 Å². The molecule has 0 saturated heterocycles. The third kappa shape index (κ3) is 2.14. The number of nitrogens with one attached hydrogen (secondary N) is 1. The summed E-state index contributed by atoms with van der Waals surface area (Å²) in [5, 5.41) is 5.37. The van der Waals surface area contributed by atoms with Crippen molar-refractivity contribution in [3.8, 4) is 0 Å². The molecule has 1 N–H and O–H groups in total. The average Bonchev–Trinajstić information content (AvgIpc) is 2.95. The first kappa shape index (κ1) is 9.58. The van der Waals surface area contributed by atoms with Crippen molar-refractivity contribution in [2.24, 2.45) is 0 Å². The topological polar surface area (TPSA) is 24.9 Å². The molecule has 2 aromatic rings. The van der Waals surface area contributed by atoms with Gasteiger partial charge in [-0.15, -0.1) is 11.3 Å². The summed E-state index contributed by atoms with van der Waals surface area (Å²) in [6.07, 6.45) is 2.63. The number of rotatable bonds is 3. The fourth-order valence-electron chi connectivity index (χ4n) is 1.54. The molecule has 78 valence electrons. The van der Waals surface area contributed by atoms with E-state index in [-0.39, 0.29) is 0 Å². The maximum Gasteiger partial charge on any atom is 0.108 e. The van der Waals surface area contributed by atoms with E-state index in [4.69, 9.17) is 11.6 Å². The van der Waals surface area contributed by atoms with E-state index in [2.05, 4.69) is 10.3 Å². The van der Waals surface area contributed by atoms with Gasteiger partial charge in [0.05, 0.1) is 10.2 Å². The second kappa shape index (κ2) is 3.74. The normalized spacial score (nSPS) is 16.1. The molecular weight excluding hydrogens is 228 g/mol. The lowest BCUT2D eigenvalue weighted by atomic mass is 10.3. The van der Waals surface area contributed by atoms with Gasteiger partial charge in [-0.1, -0.05) is 11.6 Å². The summed E-state index contributed by atoms with van der Waals surface area (Å²) >= 11 is 7.66. The number of halogens is 1. The quantitative estimate of drug-likeness (QED) is 0.888. The molecule has 0 unspecified atom stereocenters. The highest BCUT2D eigenvalue weighted by atomic mass is 35.5. The lowest BCUT2D eigenvalue weighted by Crippen LogP contribution is -2.14. The molecule has 0 spiro atoms. The van der Waals surface area contributed by atoms with Crippen LogP contribution in [-0.4, -0.2) is 11.0 Å². The average molecular weight is 239 g/mol. The summed E-state index contributed by atoms with van der Waals surface area (Å²) < 4.78 is 1.21. The van der Waals surface area contributed by atoms with Crippen LogP contribution in [0.1, 0.15) is 17.8 Å². The molecule has 1 aliphatic rings. The van der Waals surface area contributed by atoms with Crippen LogP contribution in [0.2, 0.25) is 5.02 Å². The van der Waals surface area contributed by atoms with Crippen LogP contribution in [0.25, 0.3) is 10.2 Å². The van der Waals surface area contributed by atoms with Crippen LogP contribution < -0.4 is 5.32 Å². The van der Waals surface area contributed by atoms with Gasteiger partial charge < -0.3 is 5.32 Å². The van der Waals surface area contributed by atoms with E-state index in [9.17, 15) is 0 Å². The van der Waals surface area contributed by atoms with Gasteiger partial charge in [0.15, 0.2) is 0 Å². The lowest BCUT2D eigenvalue weighted by Gasteiger charge is -1.96. The van der Waals surface area contributed by atoms with Crippen LogP contribution in [-0.2, 0) is 6.54 Å². The minimum Gasteiger partial charge on any atom is -0.308 e. The zero-order valence-electron chi connectivity index (χ0n) is 8.16. The second-order valence-corrected chi connectivity index (χ2v) is 5.43. The Morgan fingerprint density at radius 1 is 1.47 bits per heavy atom. The largest absolute Gasteiger partial charge is 0.308 e. The highest BCUT2D eigenvalue weighted by Crippen LogP contribution is 2.26. The Morgan fingerprint density at radius 3 is 3.13 bits per heavy atom. The van der Waals surface area contributed by atoms with Gasteiger partial charge in [0.1, 0.15) is 5.01 Å². The van der Waals surface area contributed by atoms with Crippen LogP contribution in [0.5, 0.6) is 0 Å². The Morgan fingerprint density at radius 2 is 2.33 bits per heavy atom. The number of nitrogens with zero attached hydrogens (tertiary/aromatic N) is 1. The molecule has 0 radical (unpaired) electrons. The number of hydrogen-bond acceptors (Lipinski definition) is 3. The van der Waals surface area contributed by atoms with Crippen LogP contribution in [0, 0.1) is 0 Å². The van der Waals surface area contributed by atoms with E-state index in [0.717, 1.165) is 28.1 Å². The summed E-state index contributed by atoms with van der Waals surface area (Å²) in [5.41, 5.74) is 1.01. The standard InChI is InChI=1S/C11H11ClN2S/c12-7-1-4-10-9(5-7)14-11(15-10)6-13-8-2-3-8/h1,4-5,8,13H,2-3,6H2. The first-order valence-electron chi connectivity index (χ1n) is 5.09. The highest BCUT2D eigenvalue weighted by molar-refractivity contribution is 7.18. The Balaban J connectivity index is 1.84. The van der Waals surface area contributed by atoms with E-state index in [0.29, 0.717) is 0 Å². The van der Waals surface area contributed by atoms with Crippen molar-refractivity contribution < 1.29 is 0 Å². The third-order valence-electron chi connectivity index (χ3n) is 2.51. The van der Waals surface area contributed by atoms with Crippen molar-refractivity contribution in [1.82, 2.24) is 10.3 Å². The molecule has 0 aliphatic heterocycles. The van der Waals surface area contributed by atoms with Crippen molar-refractivity contribution in [3.05, 3.63) is 28.2 Å². The van der Waals surface area contributed by atoms with Crippen molar-refractivity contribution in [2.75, 3.05) is 0 Å². The van der Waals surface area contributed by atoms with E-state index >= 15 is 0 Å². The van der Waals surface area contributed by atoms with Gasteiger partial charge in [-0.2, -0.15) is 0 Å². The summed E-state index contributed by atoms with van der Waals surface area (Å²) in [6.45, 7) is 0.891. The monoisotopic (exact) mass is 238 g/mol. The summed E-state index contributed by atoms with van der Waals surface area (Å²) in [4.78, 5) is 4.54. The molecule has 4 heteroatoms. The molecule has 1 fully saturated rings. The van der Waals surface area contributed by atoms with Gasteiger partial charge >= 0.3 is 0 Å². The number of aromatic nitrogens is 1. The molecule has 1 aromatic carbocycles. The second-order valence-electron chi connectivity index (χ2n) is 3.87. The zero-order chi connectivity index (χ0) is 10.3. The first-order chi connectivity index (χ1) is 7.31. The van der Waals surface area contributed by atoms with Gasteiger partial charge in [0, 0.05) is 17.6 Å². The first-order valence-corrected chi connectivity index (χ1v) is 6.29. The predicted octanol–water partition coefficient (Wildman–Crippen LogP) is 3.20. The van der Waals surface area contributed by atoms with Crippen molar-refractivity contribution in [3.63, 3.8) is 0 Å². The molecule has 0 atom stereocenters. The maximum absolute atomic E-state index is 5.91. The van der Waals surface area contributed by atoms with Gasteiger partial charge in [-0.05, 0) is 31.0 Å². The molecule has 1 saturated carbocycles. The summed E-state index contributed by atoms with van der Waals surface area (Å²) in [5.74, 6) is 0. The molecule has 15 heavy (non-hydrogen) atoms. The van der Waals surface area contributed by atoms with E-state index in [1.165, 1.54) is 17.5 Å². The third-order valence-corrected chi connectivity index (χ3v) is 3.78. The Bertz CT molecular complexity index is 490. The van der Waals surface area contributed by atoms with Gasteiger partial charge in [-0.3, -0.25) is 0 Å². The zero-order valence-corrected chi connectivity index (χ0v) is 9.74. The molecule has 3 rings (SSSR count). The lowest BCUT2D eigenvalue weighted by molar-refractivity contribution is 0.685. The number of fused-ring (bicyclic) bond motifs is 1. The smallest absolute Gasteiger partial charge is 0.108 e. The van der Waals surface area contributed by atoms with Crippen LogP contribution in [0.4, 0.5) is 0 Å². The maximum atomic E-state index is 5.91. The minimum atomic E-state index is 0.737.